The van der Waals surface area contributed by atoms with Crippen molar-refractivity contribution in [1.82, 2.24) is 20.9 Å². The lowest BCUT2D eigenvalue weighted by molar-refractivity contribution is -0.124. The molecule has 1 aromatic heterocycles. The summed E-state index contributed by atoms with van der Waals surface area (Å²) in [6.07, 6.45) is 2.26. The maximum atomic E-state index is 13.2. The zero-order chi connectivity index (χ0) is 26.0. The first-order valence-electron chi connectivity index (χ1n) is 11.2. The third kappa shape index (κ3) is 8.96. The number of urea groups is 1. The molecule has 0 unspecified atom stereocenters. The number of nitrogens with zero attached hydrogens (tertiary/aromatic N) is 2. The van der Waals surface area contributed by atoms with Gasteiger partial charge in [-0.15, -0.1) is 11.3 Å². The van der Waals surface area contributed by atoms with Crippen LogP contribution < -0.4 is 27.4 Å². The zero-order valence-electron chi connectivity index (χ0n) is 20.0. The highest BCUT2D eigenvalue weighted by Gasteiger charge is 2.30. The van der Waals surface area contributed by atoms with Crippen LogP contribution in [0.3, 0.4) is 0 Å². The average molecular weight is 506 g/mol. The maximum Gasteiger partial charge on any atom is 0.315 e. The number of ketones is 1. The fraction of sp³-hybridized carbons (Fsp3) is 0.435. The van der Waals surface area contributed by atoms with E-state index in [1.165, 1.54) is 29.7 Å². The molecule has 0 spiro atoms. The van der Waals surface area contributed by atoms with E-state index in [1.54, 1.807) is 38.3 Å². The van der Waals surface area contributed by atoms with Gasteiger partial charge in [-0.05, 0) is 43.4 Å². The van der Waals surface area contributed by atoms with Crippen molar-refractivity contribution < 1.29 is 18.8 Å². The molecule has 0 bridgehead atoms. The minimum absolute atomic E-state index is 0.0539. The number of Topliss-reactive ketones (excluding diaryl/α,β-unsaturated/α-hetero) is 1. The first-order valence-corrected chi connectivity index (χ1v) is 12.1. The third-order valence-corrected chi connectivity index (χ3v) is 5.96. The maximum absolute atomic E-state index is 13.2. The lowest BCUT2D eigenvalue weighted by Gasteiger charge is -2.25. The monoisotopic (exact) mass is 505 g/mol. The fourth-order valence-corrected chi connectivity index (χ4v) is 3.91. The summed E-state index contributed by atoms with van der Waals surface area (Å²) < 4.78 is 13.2. The first-order chi connectivity index (χ1) is 16.6. The Labute approximate surface area is 207 Å². The molecule has 3 atom stereocenters. The normalized spacial score (nSPS) is 13.4. The molecule has 35 heavy (non-hydrogen) atoms. The second kappa shape index (κ2) is 13.4. The van der Waals surface area contributed by atoms with Gasteiger partial charge in [0, 0.05) is 18.1 Å². The number of hydrogen-bond donors (Lipinski definition) is 5. The van der Waals surface area contributed by atoms with Crippen LogP contribution in [0.5, 0.6) is 0 Å². The number of carbonyl (C=O) groups excluding carboxylic acids is 3. The smallest absolute Gasteiger partial charge is 0.315 e. The molecule has 2 rings (SSSR count). The molecular formula is C23H32FN7O3S. The molecule has 3 amide bonds. The molecular weight excluding hydrogens is 473 g/mol. The number of aliphatic imine (C=N–C) groups is 1. The van der Waals surface area contributed by atoms with Crippen LogP contribution in [0, 0.1) is 11.7 Å². The SMILES string of the molecule is CC(C)[C@H](NC(=O)N[C@H](C)c1ccc(F)cc1)C(=O)N[C@@H](CCCN=C(N)N)C(=O)c1nccs1. The standard InChI is InChI=1S/C23H32FN7O3S/c1-13(2)18(31-23(34)29-14(3)15-6-8-16(24)9-7-15)20(33)30-17(5-4-10-28-22(25)26)19(32)21-27-11-12-35-21/h6-9,11-14,17-18H,4-5,10H2,1-3H3,(H,30,33)(H4,25,26,28)(H2,29,31,34)/t14-,17+,18+/m1/s1. The lowest BCUT2D eigenvalue weighted by Crippen LogP contribution is -2.55. The van der Waals surface area contributed by atoms with Crippen LogP contribution in [0.15, 0.2) is 40.8 Å². The number of guanidine groups is 1. The number of thiazole rings is 1. The van der Waals surface area contributed by atoms with E-state index in [1.807, 2.05) is 0 Å². The van der Waals surface area contributed by atoms with E-state index in [-0.39, 0.29) is 28.5 Å². The van der Waals surface area contributed by atoms with Crippen molar-refractivity contribution in [3.05, 3.63) is 52.2 Å². The van der Waals surface area contributed by atoms with Crippen LogP contribution >= 0.6 is 11.3 Å². The van der Waals surface area contributed by atoms with Crippen LogP contribution in [0.1, 0.15) is 55.0 Å². The van der Waals surface area contributed by atoms with Crippen molar-refractivity contribution >= 4 is 35.0 Å². The van der Waals surface area contributed by atoms with Gasteiger partial charge >= 0.3 is 6.03 Å². The molecule has 0 fully saturated rings. The van der Waals surface area contributed by atoms with Gasteiger partial charge in [0.2, 0.25) is 11.7 Å². The average Bonchev–Trinajstić information content (AvgIpc) is 3.34. The van der Waals surface area contributed by atoms with E-state index >= 15 is 0 Å². The zero-order valence-corrected chi connectivity index (χ0v) is 20.8. The van der Waals surface area contributed by atoms with E-state index in [2.05, 4.69) is 25.9 Å². The quantitative estimate of drug-likeness (QED) is 0.128. The minimum Gasteiger partial charge on any atom is -0.370 e. The summed E-state index contributed by atoms with van der Waals surface area (Å²) >= 11 is 1.18. The van der Waals surface area contributed by atoms with E-state index in [4.69, 9.17) is 11.5 Å². The third-order valence-electron chi connectivity index (χ3n) is 5.17. The Bertz CT molecular complexity index is 1010. The van der Waals surface area contributed by atoms with Crippen molar-refractivity contribution in [2.24, 2.45) is 22.4 Å². The summed E-state index contributed by atoms with van der Waals surface area (Å²) in [5.41, 5.74) is 11.4. The van der Waals surface area contributed by atoms with Crippen molar-refractivity contribution in [2.75, 3.05) is 6.54 Å². The highest BCUT2D eigenvalue weighted by Crippen LogP contribution is 2.14. The summed E-state index contributed by atoms with van der Waals surface area (Å²) in [4.78, 5) is 46.6. The highest BCUT2D eigenvalue weighted by molar-refractivity contribution is 7.11. The molecule has 10 nitrogen and oxygen atoms in total. The van der Waals surface area contributed by atoms with Gasteiger partial charge in [0.15, 0.2) is 11.0 Å². The molecule has 0 saturated carbocycles. The molecule has 2 aromatic rings. The molecule has 7 N–H and O–H groups in total. The van der Waals surface area contributed by atoms with Gasteiger partial charge in [0.1, 0.15) is 11.9 Å². The van der Waals surface area contributed by atoms with E-state index < -0.39 is 30.1 Å². The summed E-state index contributed by atoms with van der Waals surface area (Å²) in [6, 6.07) is 3.03. The van der Waals surface area contributed by atoms with Crippen LogP contribution in [0.2, 0.25) is 0 Å². The lowest BCUT2D eigenvalue weighted by atomic mass is 10.0. The van der Waals surface area contributed by atoms with Crippen molar-refractivity contribution in [1.29, 1.82) is 0 Å². The minimum atomic E-state index is -0.903. The highest BCUT2D eigenvalue weighted by atomic mass is 32.1. The van der Waals surface area contributed by atoms with Gasteiger partial charge < -0.3 is 27.4 Å². The molecule has 0 aliphatic heterocycles. The topological polar surface area (TPSA) is 165 Å². The molecule has 0 aliphatic rings. The Morgan fingerprint density at radius 1 is 1.09 bits per heavy atom. The number of amides is 3. The summed E-state index contributed by atoms with van der Waals surface area (Å²) in [5, 5.41) is 10.1. The van der Waals surface area contributed by atoms with Crippen LogP contribution in [-0.2, 0) is 4.79 Å². The van der Waals surface area contributed by atoms with Crippen molar-refractivity contribution in [2.45, 2.75) is 51.7 Å². The number of rotatable bonds is 12. The second-order valence-electron chi connectivity index (χ2n) is 8.32. The predicted octanol–water partition coefficient (Wildman–Crippen LogP) is 2.09. The van der Waals surface area contributed by atoms with E-state index in [0.717, 1.165) is 0 Å². The van der Waals surface area contributed by atoms with Gasteiger partial charge in [-0.3, -0.25) is 14.6 Å². The molecule has 0 aliphatic carbocycles. The van der Waals surface area contributed by atoms with Crippen LogP contribution in [0.4, 0.5) is 9.18 Å². The number of nitrogens with one attached hydrogen (secondary N) is 3. The van der Waals surface area contributed by atoms with Crippen LogP contribution in [0.25, 0.3) is 0 Å². The molecule has 12 heteroatoms. The number of hydrogen-bond acceptors (Lipinski definition) is 6. The Morgan fingerprint density at radius 3 is 2.34 bits per heavy atom. The largest absolute Gasteiger partial charge is 0.370 e. The van der Waals surface area contributed by atoms with Gasteiger partial charge in [0.05, 0.1) is 12.1 Å². The molecule has 0 saturated heterocycles. The second-order valence-corrected chi connectivity index (χ2v) is 9.22. The number of benzene rings is 1. The number of carbonyl (C=O) groups is 3. The molecule has 1 heterocycles. The van der Waals surface area contributed by atoms with Crippen LogP contribution in [-0.4, -0.2) is 47.3 Å². The van der Waals surface area contributed by atoms with E-state index in [9.17, 15) is 18.8 Å². The molecule has 0 radical (unpaired) electrons. The first kappa shape index (κ1) is 27.7. The van der Waals surface area contributed by atoms with Gasteiger partial charge in [-0.25, -0.2) is 14.2 Å². The Balaban J connectivity index is 2.05. The Morgan fingerprint density at radius 2 is 1.77 bits per heavy atom. The number of aromatic nitrogens is 1. The summed E-state index contributed by atoms with van der Waals surface area (Å²) in [7, 11) is 0. The number of nitrogens with two attached hydrogens (primary N) is 2. The Kier molecular flexibility index (Phi) is 10.6. The molecule has 190 valence electrons. The predicted molar refractivity (Wildman–Crippen MR) is 133 cm³/mol. The fourth-order valence-electron chi connectivity index (χ4n) is 3.28. The van der Waals surface area contributed by atoms with Crippen molar-refractivity contribution in [3.63, 3.8) is 0 Å². The van der Waals surface area contributed by atoms with Gasteiger partial charge in [0.25, 0.3) is 0 Å². The Hall–Kier alpha value is -3.54. The summed E-state index contributed by atoms with van der Waals surface area (Å²) in [5.74, 6) is -1.51. The van der Waals surface area contributed by atoms with Crippen molar-refractivity contribution in [3.8, 4) is 0 Å². The van der Waals surface area contributed by atoms with E-state index in [0.29, 0.717) is 24.9 Å². The van der Waals surface area contributed by atoms with Gasteiger partial charge in [-0.2, -0.15) is 0 Å². The number of halogens is 1. The summed E-state index contributed by atoms with van der Waals surface area (Å²) in [6.45, 7) is 5.61. The molecule has 1 aromatic carbocycles. The van der Waals surface area contributed by atoms with Gasteiger partial charge in [-0.1, -0.05) is 26.0 Å².